The van der Waals surface area contributed by atoms with Gasteiger partial charge in [0.1, 0.15) is 32.3 Å². The van der Waals surface area contributed by atoms with Gasteiger partial charge in [-0.15, -0.1) is 0 Å². The Morgan fingerprint density at radius 2 is 1.79 bits per heavy atom. The Hall–Kier alpha value is -0.649. The summed E-state index contributed by atoms with van der Waals surface area (Å²) >= 11 is 0. The molecule has 2 fully saturated rings. The number of esters is 2. The van der Waals surface area contributed by atoms with Gasteiger partial charge in [0.25, 0.3) is 5.97 Å². The number of aliphatic hydroxyl groups excluding tert-OH is 1. The number of alkyl halides is 1. The third-order valence-corrected chi connectivity index (χ3v) is 6.97. The second-order valence-electron chi connectivity index (χ2n) is 10.8. The molecule has 43 heavy (non-hydrogen) atoms. The van der Waals surface area contributed by atoms with Gasteiger partial charge in [0.05, 0.1) is 43.8 Å². The number of nitrogens with one attached hydrogen (secondary N) is 2. The van der Waals surface area contributed by atoms with Gasteiger partial charge in [-0.25, -0.2) is 4.39 Å². The van der Waals surface area contributed by atoms with Crippen LogP contribution >= 0.6 is 0 Å². The minimum Gasteiger partial charge on any atom is -0.462 e. The molecule has 0 aromatic heterocycles. The zero-order chi connectivity index (χ0) is 32.4. The summed E-state index contributed by atoms with van der Waals surface area (Å²) in [6.45, 7) is 9.01. The van der Waals surface area contributed by atoms with E-state index in [1.165, 1.54) is 13.8 Å². The number of aliphatic hydroxyl groups is 1. The van der Waals surface area contributed by atoms with Gasteiger partial charge in [-0.2, -0.15) is 6.92 Å². The molecule has 15 heteroatoms. The molecule has 2 radical (unpaired) electrons. The van der Waals surface area contributed by atoms with Gasteiger partial charge in [0.15, 0.2) is 6.29 Å². The predicted molar refractivity (Wildman–Crippen MR) is 148 cm³/mol. The Kier molecular flexibility index (Phi) is 17.7. The molecule has 2 amide bonds. The van der Waals surface area contributed by atoms with E-state index in [0.29, 0.717) is 6.42 Å². The van der Waals surface area contributed by atoms with E-state index in [2.05, 4.69) is 10.6 Å². The number of amides is 2. The van der Waals surface area contributed by atoms with E-state index in [-0.39, 0.29) is 76.8 Å². The second kappa shape index (κ2) is 19.8. The molecule has 0 aromatic rings. The zero-order valence-electron chi connectivity index (χ0n) is 27.1. The van der Waals surface area contributed by atoms with E-state index >= 15 is 0 Å². The van der Waals surface area contributed by atoms with Crippen LogP contribution in [0, 0.1) is 12.3 Å². The first-order chi connectivity index (χ1) is 20.2. The summed E-state index contributed by atoms with van der Waals surface area (Å²) in [4.78, 5) is 48.6. The fourth-order valence-electron chi connectivity index (χ4n) is 4.96. The first kappa shape index (κ1) is 38.5. The first-order valence-electron chi connectivity index (χ1n) is 14.9. The summed E-state index contributed by atoms with van der Waals surface area (Å²) in [5, 5.41) is 16.3. The second-order valence-corrected chi connectivity index (χ2v) is 10.8. The SMILES string of the molecule is [2H][C@@H]1C(CO[C@@H]2OC(CC)[C@@H](C)[C@H](O)C2NC(=O)C[C@@H](C)OC(C)=O)O[C@H]([B])C(NC(=O)C[C@@H](C)F)[C@H]1OC(=O)C[CH-]C.[K+]. The molecule has 0 aromatic carbocycles. The van der Waals surface area contributed by atoms with Crippen LogP contribution < -0.4 is 62.0 Å². The summed E-state index contributed by atoms with van der Waals surface area (Å²) in [5.74, 6) is -2.74. The molecule has 12 nitrogen and oxygen atoms in total. The van der Waals surface area contributed by atoms with Crippen LogP contribution in [0.25, 0.3) is 0 Å². The third-order valence-electron chi connectivity index (χ3n) is 6.97. The summed E-state index contributed by atoms with van der Waals surface area (Å²) in [7, 11) is 6.18. The van der Waals surface area contributed by atoms with Gasteiger partial charge in [-0.1, -0.05) is 20.3 Å². The van der Waals surface area contributed by atoms with Gasteiger partial charge in [0.2, 0.25) is 11.8 Å². The number of rotatable bonds is 14. The standard InChI is InChI=1S/C28H45BFN2O10.K/c1-7-9-23(36)41-20-12-18(40-27(29)24(20)31-21(34)10-14(3)30)13-38-28-25(26(37)16(5)19(8-2)42-28)32-22(35)11-15(4)39-17(6)33;/h7,14-16,18-20,24-28,37H,8-13H2,1-6H3,(H,31,34)(H,32,35);/q-1;+1/t14-,15-,16-,18?,19?,20+,24?,25?,26+,27+,28-;/m1./s1/i12D;/t12-,14-,15-,16-,18?,19?,20+,24?,25?,26+,27+,28-;. The predicted octanol–water partition coefficient (Wildman–Crippen LogP) is -1.99. The molecule has 3 N–H and O–H groups in total. The number of carbonyl (C=O) groups excluding carboxylic acids is 4. The maximum Gasteiger partial charge on any atom is 1.00 e. The van der Waals surface area contributed by atoms with Crippen molar-refractivity contribution in [1.29, 1.82) is 0 Å². The van der Waals surface area contributed by atoms with Crippen molar-refractivity contribution in [3.05, 3.63) is 6.42 Å². The molecule has 2 aliphatic rings. The monoisotopic (exact) mass is 639 g/mol. The average Bonchev–Trinajstić information content (AvgIpc) is 2.89. The Bertz CT molecular complexity index is 956. The molecule has 12 atom stereocenters. The Morgan fingerprint density at radius 3 is 2.37 bits per heavy atom. The van der Waals surface area contributed by atoms with Gasteiger partial charge < -0.3 is 45.8 Å². The topological polar surface area (TPSA) is 159 Å². The van der Waals surface area contributed by atoms with E-state index in [0.717, 1.165) is 0 Å². The van der Waals surface area contributed by atoms with Crippen LogP contribution in [0.15, 0.2) is 0 Å². The summed E-state index contributed by atoms with van der Waals surface area (Å²) in [5.41, 5.74) is 0. The maximum atomic E-state index is 13.4. The molecule has 0 bridgehead atoms. The molecular formula is C28H45BFKN2O10. The third kappa shape index (κ3) is 13.3. The molecule has 0 spiro atoms. The van der Waals surface area contributed by atoms with Crippen molar-refractivity contribution in [2.75, 3.05) is 6.61 Å². The normalized spacial score (nSPS) is 34.0. The van der Waals surface area contributed by atoms with Gasteiger partial charge in [0, 0.05) is 26.6 Å². The quantitative estimate of drug-likeness (QED) is 0.110. The molecule has 2 aliphatic heterocycles. The van der Waals surface area contributed by atoms with Crippen LogP contribution in [0.4, 0.5) is 4.39 Å². The number of hydrogen-bond donors (Lipinski definition) is 3. The Balaban J connectivity index is 0.00000968. The molecule has 4 unspecified atom stereocenters. The average molecular weight is 640 g/mol. The van der Waals surface area contributed by atoms with E-state index in [9.17, 15) is 28.7 Å². The van der Waals surface area contributed by atoms with Crippen LogP contribution in [-0.2, 0) is 42.9 Å². The van der Waals surface area contributed by atoms with Crippen molar-refractivity contribution in [3.8, 4) is 0 Å². The Labute approximate surface area is 298 Å². The van der Waals surface area contributed by atoms with E-state index < -0.39 is 97.6 Å². The number of carbonyl (C=O) groups is 4. The van der Waals surface area contributed by atoms with Crippen LogP contribution in [0.1, 0.15) is 75.0 Å². The summed E-state index contributed by atoms with van der Waals surface area (Å²) in [6, 6.07) is -3.38. The van der Waals surface area contributed by atoms with E-state index in [1.54, 1.807) is 27.2 Å². The molecule has 0 saturated carbocycles. The summed E-state index contributed by atoms with van der Waals surface area (Å²) < 4.78 is 50.6. The first-order valence-corrected chi connectivity index (χ1v) is 14.3. The van der Waals surface area contributed by atoms with Crippen molar-refractivity contribution >= 4 is 31.6 Å². The number of hydrogen-bond acceptors (Lipinski definition) is 10. The van der Waals surface area contributed by atoms with Gasteiger partial charge in [-0.3, -0.25) is 19.2 Å². The Morgan fingerprint density at radius 1 is 1.16 bits per heavy atom. The van der Waals surface area contributed by atoms with Crippen LogP contribution in [0.5, 0.6) is 0 Å². The molecule has 2 heterocycles. The van der Waals surface area contributed by atoms with Crippen molar-refractivity contribution < 1.29 is 105 Å². The minimum atomic E-state index is -1.43. The molecule has 2 saturated heterocycles. The van der Waals surface area contributed by atoms with Crippen LogP contribution in [0.3, 0.4) is 0 Å². The van der Waals surface area contributed by atoms with Crippen molar-refractivity contribution in [2.45, 2.75) is 135 Å². The van der Waals surface area contributed by atoms with Crippen LogP contribution in [0.2, 0.25) is 0 Å². The van der Waals surface area contributed by atoms with E-state index in [1.807, 2.05) is 6.92 Å². The molecule has 2 rings (SSSR count). The smallest absolute Gasteiger partial charge is 0.462 e. The van der Waals surface area contributed by atoms with E-state index in [4.69, 9.17) is 32.9 Å². The fourth-order valence-corrected chi connectivity index (χ4v) is 4.96. The van der Waals surface area contributed by atoms with Gasteiger partial charge in [-0.05, 0) is 20.3 Å². The van der Waals surface area contributed by atoms with Gasteiger partial charge >= 0.3 is 57.4 Å². The summed E-state index contributed by atoms with van der Waals surface area (Å²) in [6.07, 6.45) is -6.93. The molecule has 0 aliphatic carbocycles. The largest absolute Gasteiger partial charge is 1.00 e. The number of halogens is 1. The van der Waals surface area contributed by atoms with Crippen molar-refractivity contribution in [1.82, 2.24) is 10.6 Å². The molecule has 238 valence electrons. The number of ether oxygens (including phenoxy) is 5. The fraction of sp³-hybridized carbons (Fsp3) is 0.821. The van der Waals surface area contributed by atoms with Crippen molar-refractivity contribution in [2.24, 2.45) is 5.92 Å². The molecular weight excluding hydrogens is 593 g/mol. The zero-order valence-corrected chi connectivity index (χ0v) is 29.2. The maximum absolute atomic E-state index is 13.4. The van der Waals surface area contributed by atoms with Crippen LogP contribution in [-0.4, -0.2) is 104 Å². The minimum absolute atomic E-state index is 0. The van der Waals surface area contributed by atoms with Crippen molar-refractivity contribution in [3.63, 3.8) is 0 Å².